The van der Waals surface area contributed by atoms with E-state index < -0.39 is 0 Å². The van der Waals surface area contributed by atoms with Crippen molar-refractivity contribution in [2.75, 3.05) is 0 Å². The van der Waals surface area contributed by atoms with Crippen molar-refractivity contribution in [2.24, 2.45) is 0 Å². The predicted molar refractivity (Wildman–Crippen MR) is 93.8 cm³/mol. The van der Waals surface area contributed by atoms with Crippen LogP contribution in [0.2, 0.25) is 0 Å². The molecular weight excluding hydrogens is 340 g/mol. The van der Waals surface area contributed by atoms with Crippen molar-refractivity contribution in [2.45, 2.75) is 25.7 Å². The first-order valence-electron chi connectivity index (χ1n) is 7.38. The van der Waals surface area contributed by atoms with E-state index in [4.69, 9.17) is 0 Å². The number of carbonyl (C=O) groups is 1. The van der Waals surface area contributed by atoms with Crippen LogP contribution in [-0.2, 0) is 11.2 Å². The van der Waals surface area contributed by atoms with Gasteiger partial charge in [-0.15, -0.1) is 0 Å². The molecule has 0 spiro atoms. The second kappa shape index (κ2) is 8.54. The second-order valence-electron chi connectivity index (χ2n) is 5.23. The van der Waals surface area contributed by atoms with Crippen LogP contribution in [0.15, 0.2) is 59.1 Å². The molecule has 0 fully saturated rings. The highest BCUT2D eigenvalue weighted by Crippen LogP contribution is 2.14. The van der Waals surface area contributed by atoms with E-state index in [1.807, 2.05) is 42.5 Å². The number of benzene rings is 2. The normalized spacial score (nSPS) is 11.0. The summed E-state index contributed by atoms with van der Waals surface area (Å²) < 4.78 is 1.01. The number of aryl methyl sites for hydroxylation is 1. The Morgan fingerprint density at radius 1 is 1.09 bits per heavy atom. The van der Waals surface area contributed by atoms with Crippen LogP contribution in [0.1, 0.15) is 30.4 Å². The van der Waals surface area contributed by atoms with Gasteiger partial charge in [0.05, 0.1) is 0 Å². The molecule has 3 heteroatoms. The number of unbranched alkanes of at least 4 members (excludes halogenated alkanes) is 1. The molecule has 0 heterocycles. The highest BCUT2D eigenvalue weighted by atomic mass is 79.9. The van der Waals surface area contributed by atoms with Crippen molar-refractivity contribution in [1.29, 1.82) is 0 Å². The average molecular weight is 359 g/mol. The third-order valence-corrected chi connectivity index (χ3v) is 3.88. The molecule has 2 nitrogen and oxygen atoms in total. The lowest BCUT2D eigenvalue weighted by Crippen LogP contribution is -1.93. The Bertz CT molecular complexity index is 645. The number of carbonyl (C=O) groups excluding carboxylic acids is 1. The zero-order valence-electron chi connectivity index (χ0n) is 12.3. The van der Waals surface area contributed by atoms with E-state index in [9.17, 15) is 9.90 Å². The van der Waals surface area contributed by atoms with Crippen LogP contribution in [0.5, 0.6) is 5.75 Å². The molecule has 0 saturated heterocycles. The van der Waals surface area contributed by atoms with Gasteiger partial charge in [0.15, 0.2) is 5.78 Å². The summed E-state index contributed by atoms with van der Waals surface area (Å²) in [6.45, 7) is 0. The van der Waals surface area contributed by atoms with Gasteiger partial charge in [-0.05, 0) is 60.7 Å². The molecule has 2 rings (SSSR count). The number of rotatable bonds is 7. The molecule has 0 saturated carbocycles. The minimum absolute atomic E-state index is 0.158. The summed E-state index contributed by atoms with van der Waals surface area (Å²) in [5.41, 5.74) is 2.21. The Hall–Kier alpha value is -1.87. The average Bonchev–Trinajstić information content (AvgIpc) is 2.51. The van der Waals surface area contributed by atoms with Crippen molar-refractivity contribution in [3.8, 4) is 5.75 Å². The van der Waals surface area contributed by atoms with Gasteiger partial charge < -0.3 is 5.11 Å². The van der Waals surface area contributed by atoms with Gasteiger partial charge in [0, 0.05) is 10.9 Å². The van der Waals surface area contributed by atoms with Crippen LogP contribution in [0.4, 0.5) is 0 Å². The lowest BCUT2D eigenvalue weighted by atomic mass is 10.1. The standard InChI is InChI=1S/C19H19BrO2/c20-17-6-3-5-16(14-17)10-13-18(21)7-2-1-4-15-8-11-19(22)12-9-15/h3,5-6,8-14,22H,1-2,4,7H2/b13-10+. The van der Waals surface area contributed by atoms with E-state index in [-0.39, 0.29) is 11.5 Å². The Labute approximate surface area is 139 Å². The maximum atomic E-state index is 11.8. The Morgan fingerprint density at radius 2 is 1.86 bits per heavy atom. The molecule has 0 atom stereocenters. The molecule has 0 aliphatic rings. The van der Waals surface area contributed by atoms with Gasteiger partial charge in [-0.3, -0.25) is 4.79 Å². The molecule has 2 aromatic carbocycles. The molecule has 1 N–H and O–H groups in total. The second-order valence-corrected chi connectivity index (χ2v) is 6.14. The third-order valence-electron chi connectivity index (χ3n) is 3.39. The number of hydrogen-bond donors (Lipinski definition) is 1. The number of halogens is 1. The smallest absolute Gasteiger partial charge is 0.155 e. The summed E-state index contributed by atoms with van der Waals surface area (Å²) in [4.78, 5) is 11.8. The summed E-state index contributed by atoms with van der Waals surface area (Å²) >= 11 is 3.41. The lowest BCUT2D eigenvalue weighted by Gasteiger charge is -2.01. The summed E-state index contributed by atoms with van der Waals surface area (Å²) in [7, 11) is 0. The fourth-order valence-electron chi connectivity index (χ4n) is 2.17. The van der Waals surface area contributed by atoms with E-state index in [1.165, 1.54) is 5.56 Å². The SMILES string of the molecule is O=C(/C=C/c1cccc(Br)c1)CCCCc1ccc(O)cc1. The van der Waals surface area contributed by atoms with Crippen molar-refractivity contribution in [1.82, 2.24) is 0 Å². The van der Waals surface area contributed by atoms with Gasteiger partial charge >= 0.3 is 0 Å². The summed E-state index contributed by atoms with van der Waals surface area (Å²) in [6.07, 6.45) is 6.87. The van der Waals surface area contributed by atoms with Crippen LogP contribution >= 0.6 is 15.9 Å². The van der Waals surface area contributed by atoms with E-state index >= 15 is 0 Å². The predicted octanol–water partition coefficient (Wildman–Crippen LogP) is 5.15. The Balaban J connectivity index is 1.70. The van der Waals surface area contributed by atoms with E-state index in [0.717, 1.165) is 29.3 Å². The lowest BCUT2D eigenvalue weighted by molar-refractivity contribution is -0.114. The number of phenolic OH excluding ortho intramolecular Hbond substituents is 1. The molecular formula is C19H19BrO2. The quantitative estimate of drug-likeness (QED) is 0.548. The Kier molecular flexibility index (Phi) is 6.41. The number of aromatic hydroxyl groups is 1. The van der Waals surface area contributed by atoms with Crippen LogP contribution in [0.3, 0.4) is 0 Å². The number of phenols is 1. The summed E-state index contributed by atoms with van der Waals surface area (Å²) in [5.74, 6) is 0.447. The van der Waals surface area contributed by atoms with Crippen LogP contribution < -0.4 is 0 Å². The largest absolute Gasteiger partial charge is 0.508 e. The number of hydrogen-bond acceptors (Lipinski definition) is 2. The van der Waals surface area contributed by atoms with Crippen molar-refractivity contribution in [3.05, 3.63) is 70.2 Å². The summed E-state index contributed by atoms with van der Waals surface area (Å²) in [5, 5.41) is 9.22. The van der Waals surface area contributed by atoms with Crippen molar-refractivity contribution >= 4 is 27.8 Å². The highest BCUT2D eigenvalue weighted by Gasteiger charge is 1.99. The van der Waals surface area contributed by atoms with Crippen LogP contribution in [-0.4, -0.2) is 10.9 Å². The third kappa shape index (κ3) is 5.86. The molecule has 0 amide bonds. The molecule has 0 aliphatic heterocycles. The van der Waals surface area contributed by atoms with Gasteiger partial charge in [0.25, 0.3) is 0 Å². The van der Waals surface area contributed by atoms with Gasteiger partial charge in [-0.2, -0.15) is 0 Å². The van der Waals surface area contributed by atoms with Gasteiger partial charge in [-0.1, -0.05) is 46.3 Å². The zero-order valence-corrected chi connectivity index (χ0v) is 13.9. The first-order chi connectivity index (χ1) is 10.6. The fourth-order valence-corrected chi connectivity index (χ4v) is 2.59. The molecule has 0 bridgehead atoms. The highest BCUT2D eigenvalue weighted by molar-refractivity contribution is 9.10. The van der Waals surface area contributed by atoms with Crippen LogP contribution in [0, 0.1) is 0 Å². The topological polar surface area (TPSA) is 37.3 Å². The van der Waals surface area contributed by atoms with Gasteiger partial charge in [0.2, 0.25) is 0 Å². The molecule has 2 aromatic rings. The van der Waals surface area contributed by atoms with E-state index in [1.54, 1.807) is 18.2 Å². The molecule has 0 unspecified atom stereocenters. The first-order valence-corrected chi connectivity index (χ1v) is 8.17. The minimum Gasteiger partial charge on any atom is -0.508 e. The van der Waals surface area contributed by atoms with Crippen molar-refractivity contribution < 1.29 is 9.90 Å². The minimum atomic E-state index is 0.158. The Morgan fingerprint density at radius 3 is 2.59 bits per heavy atom. The maximum Gasteiger partial charge on any atom is 0.155 e. The molecule has 22 heavy (non-hydrogen) atoms. The molecule has 0 aromatic heterocycles. The van der Waals surface area contributed by atoms with Gasteiger partial charge in [-0.25, -0.2) is 0 Å². The molecule has 114 valence electrons. The van der Waals surface area contributed by atoms with Crippen molar-refractivity contribution in [3.63, 3.8) is 0 Å². The van der Waals surface area contributed by atoms with E-state index in [2.05, 4.69) is 15.9 Å². The number of allylic oxidation sites excluding steroid dienone is 1. The fraction of sp³-hybridized carbons (Fsp3) is 0.211. The zero-order chi connectivity index (χ0) is 15.8. The first kappa shape index (κ1) is 16.5. The van der Waals surface area contributed by atoms with Gasteiger partial charge in [0.1, 0.15) is 5.75 Å². The van der Waals surface area contributed by atoms with E-state index in [0.29, 0.717) is 6.42 Å². The molecule has 0 radical (unpaired) electrons. The maximum absolute atomic E-state index is 11.8. The monoisotopic (exact) mass is 358 g/mol. The van der Waals surface area contributed by atoms with Crippen LogP contribution in [0.25, 0.3) is 6.08 Å². The summed E-state index contributed by atoms with van der Waals surface area (Å²) in [6, 6.07) is 15.1. The molecule has 0 aliphatic carbocycles. The number of ketones is 1.